The summed E-state index contributed by atoms with van der Waals surface area (Å²) in [6.45, 7) is 0. The van der Waals surface area contributed by atoms with Crippen LogP contribution in [0.4, 0.5) is 17.1 Å². The minimum Gasteiger partial charge on any atom is -0.309 e. The van der Waals surface area contributed by atoms with Gasteiger partial charge in [-0.15, -0.1) is 11.3 Å². The molecule has 0 atom stereocenters. The summed E-state index contributed by atoms with van der Waals surface area (Å²) in [4.78, 5) is 2.44. The van der Waals surface area contributed by atoms with Crippen LogP contribution in [0.3, 0.4) is 0 Å². The highest BCUT2D eigenvalue weighted by Gasteiger charge is 2.20. The van der Waals surface area contributed by atoms with Crippen molar-refractivity contribution >= 4 is 80.9 Å². The Kier molecular flexibility index (Phi) is 6.75. The van der Waals surface area contributed by atoms with E-state index in [9.17, 15) is 0 Å². The van der Waals surface area contributed by atoms with Crippen molar-refractivity contribution in [3.05, 3.63) is 188 Å². The van der Waals surface area contributed by atoms with Crippen molar-refractivity contribution in [2.45, 2.75) is 0 Å². The van der Waals surface area contributed by atoms with Gasteiger partial charge >= 0.3 is 0 Å². The van der Waals surface area contributed by atoms with Gasteiger partial charge in [-0.3, -0.25) is 0 Å². The van der Waals surface area contributed by atoms with Crippen molar-refractivity contribution in [2.75, 3.05) is 4.90 Å². The molecule has 0 aliphatic rings. The van der Waals surface area contributed by atoms with E-state index in [0.717, 1.165) is 17.1 Å². The Morgan fingerprint density at radius 2 is 1.00 bits per heavy atom. The molecule has 0 radical (unpaired) electrons. The molecule has 0 fully saturated rings. The molecule has 0 spiro atoms. The fraction of sp³-hybridized carbons (Fsp3) is 0. The summed E-state index contributed by atoms with van der Waals surface area (Å²) in [6, 6.07) is 68.8. The van der Waals surface area contributed by atoms with E-state index >= 15 is 0 Å². The number of rotatable bonds is 5. The van der Waals surface area contributed by atoms with Crippen LogP contribution in [0.2, 0.25) is 0 Å². The second-order valence-corrected chi connectivity index (χ2v) is 14.0. The van der Waals surface area contributed by atoms with E-state index in [2.05, 4.69) is 193 Å². The van der Waals surface area contributed by atoms with Crippen molar-refractivity contribution in [3.63, 3.8) is 0 Å². The van der Waals surface area contributed by atoms with E-state index in [-0.39, 0.29) is 0 Å². The number of benzene rings is 9. The Hall–Kier alpha value is -6.22. The van der Waals surface area contributed by atoms with Crippen LogP contribution in [0.5, 0.6) is 0 Å². The summed E-state index contributed by atoms with van der Waals surface area (Å²) in [5.41, 5.74) is 8.22. The molecule has 0 aliphatic carbocycles. The molecule has 0 saturated heterocycles. The van der Waals surface area contributed by atoms with E-state index in [1.807, 2.05) is 11.3 Å². The summed E-state index contributed by atoms with van der Waals surface area (Å²) in [5.74, 6) is 0. The predicted molar refractivity (Wildman–Crippen MR) is 217 cm³/mol. The number of nitrogens with zero attached hydrogens (tertiary/aromatic N) is 1. The lowest BCUT2D eigenvalue weighted by Gasteiger charge is -2.29. The third-order valence-electron chi connectivity index (χ3n) is 10.0. The van der Waals surface area contributed by atoms with E-state index in [4.69, 9.17) is 0 Å². The first-order chi connectivity index (χ1) is 24.8. The van der Waals surface area contributed by atoms with Crippen LogP contribution in [0.15, 0.2) is 188 Å². The summed E-state index contributed by atoms with van der Waals surface area (Å²) in [7, 11) is 0. The van der Waals surface area contributed by atoms with Gasteiger partial charge in [-0.05, 0) is 92.2 Å². The minimum absolute atomic E-state index is 1.12. The molecule has 10 aromatic rings. The number of para-hydroxylation sites is 1. The second-order valence-electron chi connectivity index (χ2n) is 12.9. The lowest BCUT2D eigenvalue weighted by molar-refractivity contribution is 1.30. The largest absolute Gasteiger partial charge is 0.309 e. The molecule has 9 aromatic carbocycles. The van der Waals surface area contributed by atoms with E-state index in [1.165, 1.54) is 74.7 Å². The zero-order valence-electron chi connectivity index (χ0n) is 27.3. The van der Waals surface area contributed by atoms with Gasteiger partial charge in [0.2, 0.25) is 0 Å². The molecule has 0 aliphatic heterocycles. The Morgan fingerprint density at radius 1 is 0.320 bits per heavy atom. The molecule has 0 saturated carbocycles. The van der Waals surface area contributed by atoms with Crippen LogP contribution in [-0.4, -0.2) is 0 Å². The van der Waals surface area contributed by atoms with Gasteiger partial charge in [-0.25, -0.2) is 0 Å². The molecular weight excluding hydrogens is 623 g/mol. The van der Waals surface area contributed by atoms with Crippen LogP contribution < -0.4 is 4.90 Å². The summed E-state index contributed by atoms with van der Waals surface area (Å²) >= 11 is 1.87. The highest BCUT2D eigenvalue weighted by atomic mass is 32.1. The first-order valence-electron chi connectivity index (χ1n) is 17.1. The standard InChI is InChI=1S/C48H31NS/c1-2-12-33(13-3-1)40-16-8-10-20-45(40)49(46-30-36-14-4-5-15-39(36)41-17-6-7-18-42(41)46)38-26-24-32(25-27-38)34-22-23-35-29-44-43-19-9-11-21-47(43)50-48(44)31-37(35)28-34/h1-31H. The number of hydrogen-bond acceptors (Lipinski definition) is 2. The van der Waals surface area contributed by atoms with E-state index in [0.29, 0.717) is 0 Å². The molecule has 0 amide bonds. The molecular formula is C48H31NS. The Labute approximate surface area is 294 Å². The Morgan fingerprint density at radius 3 is 1.86 bits per heavy atom. The average molecular weight is 654 g/mol. The fourth-order valence-corrected chi connectivity index (χ4v) is 8.75. The highest BCUT2D eigenvalue weighted by molar-refractivity contribution is 7.25. The van der Waals surface area contributed by atoms with Gasteiger partial charge in [0.15, 0.2) is 0 Å². The van der Waals surface area contributed by atoms with Crippen LogP contribution in [-0.2, 0) is 0 Å². The molecule has 2 heteroatoms. The molecule has 234 valence electrons. The maximum absolute atomic E-state index is 2.44. The van der Waals surface area contributed by atoms with Gasteiger partial charge in [0.25, 0.3) is 0 Å². The lowest BCUT2D eigenvalue weighted by Crippen LogP contribution is -2.12. The van der Waals surface area contributed by atoms with Crippen molar-refractivity contribution < 1.29 is 0 Å². The molecule has 0 unspecified atom stereocenters. The predicted octanol–water partition coefficient (Wildman–Crippen LogP) is 14.3. The summed E-state index contributed by atoms with van der Waals surface area (Å²) in [5, 5.41) is 10.2. The SMILES string of the molecule is c1ccc(-c2ccccc2N(c2ccc(-c3ccc4cc5c(cc4c3)sc3ccccc35)cc2)c2cc3ccccc3c3ccccc23)cc1. The Bertz CT molecular complexity index is 2870. The minimum atomic E-state index is 1.12. The Balaban J connectivity index is 1.14. The molecule has 1 aromatic heterocycles. The number of anilines is 3. The average Bonchev–Trinajstić information content (AvgIpc) is 3.55. The van der Waals surface area contributed by atoms with Crippen molar-refractivity contribution in [1.82, 2.24) is 0 Å². The van der Waals surface area contributed by atoms with Gasteiger partial charge in [-0.2, -0.15) is 0 Å². The maximum atomic E-state index is 2.44. The van der Waals surface area contributed by atoms with E-state index < -0.39 is 0 Å². The van der Waals surface area contributed by atoms with Gasteiger partial charge in [-0.1, -0.05) is 140 Å². The van der Waals surface area contributed by atoms with Gasteiger partial charge in [0, 0.05) is 36.8 Å². The molecule has 1 heterocycles. The maximum Gasteiger partial charge on any atom is 0.0546 e. The number of fused-ring (bicyclic) bond motifs is 7. The molecule has 50 heavy (non-hydrogen) atoms. The quantitative estimate of drug-likeness (QED) is 0.167. The highest BCUT2D eigenvalue weighted by Crippen LogP contribution is 2.46. The fourth-order valence-electron chi connectivity index (χ4n) is 7.61. The van der Waals surface area contributed by atoms with Crippen molar-refractivity contribution in [2.24, 2.45) is 0 Å². The topological polar surface area (TPSA) is 3.24 Å². The molecule has 1 nitrogen and oxygen atoms in total. The molecule has 0 bridgehead atoms. The van der Waals surface area contributed by atoms with E-state index in [1.54, 1.807) is 0 Å². The van der Waals surface area contributed by atoms with Crippen molar-refractivity contribution in [3.8, 4) is 22.3 Å². The van der Waals surface area contributed by atoms with Gasteiger partial charge in [0.05, 0.1) is 11.4 Å². The van der Waals surface area contributed by atoms with Crippen LogP contribution >= 0.6 is 11.3 Å². The lowest BCUT2D eigenvalue weighted by atomic mass is 9.97. The smallest absolute Gasteiger partial charge is 0.0546 e. The molecule has 0 N–H and O–H groups in total. The summed E-state index contributed by atoms with van der Waals surface area (Å²) in [6.07, 6.45) is 0. The first kappa shape index (κ1) is 28.8. The number of hydrogen-bond donors (Lipinski definition) is 0. The van der Waals surface area contributed by atoms with Gasteiger partial charge < -0.3 is 4.90 Å². The first-order valence-corrected chi connectivity index (χ1v) is 17.9. The molecule has 10 rings (SSSR count). The van der Waals surface area contributed by atoms with Crippen LogP contribution in [0, 0.1) is 0 Å². The third kappa shape index (κ3) is 4.76. The third-order valence-corrected chi connectivity index (χ3v) is 11.1. The second kappa shape index (κ2) is 11.7. The van der Waals surface area contributed by atoms with Crippen LogP contribution in [0.25, 0.3) is 74.7 Å². The zero-order chi connectivity index (χ0) is 33.0. The van der Waals surface area contributed by atoms with Crippen LogP contribution in [0.1, 0.15) is 0 Å². The zero-order valence-corrected chi connectivity index (χ0v) is 28.1. The normalized spacial score (nSPS) is 11.6. The van der Waals surface area contributed by atoms with Gasteiger partial charge in [0.1, 0.15) is 0 Å². The number of thiophene rings is 1. The van der Waals surface area contributed by atoms with Crippen molar-refractivity contribution in [1.29, 1.82) is 0 Å². The summed E-state index contributed by atoms with van der Waals surface area (Å²) < 4.78 is 2.67. The monoisotopic (exact) mass is 653 g/mol.